The van der Waals surface area contributed by atoms with Crippen molar-refractivity contribution in [3.8, 4) is 0 Å². The molecule has 0 aromatic rings. The van der Waals surface area contributed by atoms with Gasteiger partial charge in [-0.2, -0.15) is 0 Å². The largest absolute Gasteiger partial charge is 0.468 e. The van der Waals surface area contributed by atoms with Crippen LogP contribution < -0.4 is 0 Å². The van der Waals surface area contributed by atoms with E-state index in [0.29, 0.717) is 6.42 Å². The van der Waals surface area contributed by atoms with E-state index in [0.717, 1.165) is 25.9 Å². The van der Waals surface area contributed by atoms with E-state index in [1.54, 1.807) is 0 Å². The molecule has 0 saturated carbocycles. The van der Waals surface area contributed by atoms with E-state index < -0.39 is 5.92 Å². The first-order valence-corrected chi connectivity index (χ1v) is 5.08. The number of esters is 1. The minimum atomic E-state index is -0.517. The summed E-state index contributed by atoms with van der Waals surface area (Å²) < 4.78 is 4.68. The second-order valence-electron chi connectivity index (χ2n) is 3.96. The van der Waals surface area contributed by atoms with Crippen molar-refractivity contribution in [2.45, 2.75) is 25.3 Å². The third-order valence-corrected chi connectivity index (χ3v) is 3.25. The number of nitrogens with zero attached hydrogens (tertiary/aromatic N) is 1. The Morgan fingerprint density at radius 3 is 3.00 bits per heavy atom. The molecule has 0 aliphatic carbocycles. The molecule has 78 valence electrons. The van der Waals surface area contributed by atoms with Gasteiger partial charge in [-0.05, 0) is 19.4 Å². The lowest BCUT2D eigenvalue weighted by Crippen LogP contribution is -2.49. The van der Waals surface area contributed by atoms with Gasteiger partial charge >= 0.3 is 5.97 Å². The third kappa shape index (κ3) is 1.43. The number of rotatable bonds is 1. The molecule has 0 aromatic heterocycles. The van der Waals surface area contributed by atoms with Crippen molar-refractivity contribution >= 4 is 11.8 Å². The molecule has 2 saturated heterocycles. The Balaban J connectivity index is 2.17. The van der Waals surface area contributed by atoms with Crippen LogP contribution in [0, 0.1) is 5.92 Å². The van der Waals surface area contributed by atoms with E-state index in [4.69, 9.17) is 0 Å². The van der Waals surface area contributed by atoms with Crippen LogP contribution in [0.15, 0.2) is 0 Å². The van der Waals surface area contributed by atoms with Gasteiger partial charge in [0.05, 0.1) is 7.11 Å². The highest BCUT2D eigenvalue weighted by atomic mass is 16.5. The van der Waals surface area contributed by atoms with E-state index in [2.05, 4.69) is 9.64 Å². The van der Waals surface area contributed by atoms with Gasteiger partial charge < -0.3 is 4.74 Å². The molecule has 2 atom stereocenters. The fourth-order valence-electron chi connectivity index (χ4n) is 2.55. The molecule has 0 amide bonds. The van der Waals surface area contributed by atoms with Crippen LogP contribution in [0.2, 0.25) is 0 Å². The number of carbonyl (C=O) groups excluding carboxylic acids is 2. The van der Waals surface area contributed by atoms with E-state index >= 15 is 0 Å². The third-order valence-electron chi connectivity index (χ3n) is 3.25. The second-order valence-corrected chi connectivity index (χ2v) is 3.96. The van der Waals surface area contributed by atoms with Gasteiger partial charge in [0.15, 0.2) is 0 Å². The van der Waals surface area contributed by atoms with Gasteiger partial charge in [-0.3, -0.25) is 14.5 Å². The number of methoxy groups -OCH3 is 1. The van der Waals surface area contributed by atoms with Crippen LogP contribution in [-0.2, 0) is 14.3 Å². The average Bonchev–Trinajstić information content (AvgIpc) is 2.64. The summed E-state index contributed by atoms with van der Waals surface area (Å²) in [5.41, 5.74) is 0. The summed E-state index contributed by atoms with van der Waals surface area (Å²) in [6.45, 7) is 1.84. The molecule has 0 bridgehead atoms. The smallest absolute Gasteiger partial charge is 0.317 e. The molecule has 4 heteroatoms. The standard InChI is InChI=1S/C10H15NO3/c1-14-10(13)9-7-3-2-5-11(7)6-4-8(9)12/h7,9H,2-6H2,1H3/t7-,9?/m0/s1. The highest BCUT2D eigenvalue weighted by Crippen LogP contribution is 2.30. The number of Topliss-reactive ketones (excluding diaryl/α,β-unsaturated/α-hetero) is 1. The first-order valence-electron chi connectivity index (χ1n) is 5.08. The van der Waals surface area contributed by atoms with Gasteiger partial charge in [-0.15, -0.1) is 0 Å². The highest BCUT2D eigenvalue weighted by Gasteiger charge is 2.44. The van der Waals surface area contributed by atoms with Crippen LogP contribution in [0.4, 0.5) is 0 Å². The molecule has 2 rings (SSSR count). The quantitative estimate of drug-likeness (QED) is 0.445. The van der Waals surface area contributed by atoms with Gasteiger partial charge in [0.1, 0.15) is 11.7 Å². The van der Waals surface area contributed by atoms with Gasteiger partial charge in [0.25, 0.3) is 0 Å². The number of piperidine rings is 1. The minimum absolute atomic E-state index is 0.0556. The molecular formula is C10H15NO3. The summed E-state index contributed by atoms with van der Waals surface area (Å²) in [6, 6.07) is 0.115. The average molecular weight is 197 g/mol. The number of hydrogen-bond donors (Lipinski definition) is 0. The Morgan fingerprint density at radius 1 is 1.50 bits per heavy atom. The zero-order valence-electron chi connectivity index (χ0n) is 8.36. The summed E-state index contributed by atoms with van der Waals surface area (Å²) in [6.07, 6.45) is 2.53. The molecule has 2 aliphatic rings. The van der Waals surface area contributed by atoms with Crippen molar-refractivity contribution in [1.29, 1.82) is 0 Å². The van der Waals surface area contributed by atoms with Crippen LogP contribution in [0.1, 0.15) is 19.3 Å². The van der Waals surface area contributed by atoms with Crippen LogP contribution in [0.3, 0.4) is 0 Å². The lowest BCUT2D eigenvalue weighted by atomic mass is 9.88. The maximum Gasteiger partial charge on any atom is 0.317 e. The number of hydrogen-bond acceptors (Lipinski definition) is 4. The van der Waals surface area contributed by atoms with E-state index in [1.165, 1.54) is 7.11 Å². The predicted octanol–water partition coefficient (Wildman–Crippen LogP) is 0.213. The molecule has 14 heavy (non-hydrogen) atoms. The van der Waals surface area contributed by atoms with Crippen molar-refractivity contribution in [1.82, 2.24) is 4.90 Å². The summed E-state index contributed by atoms with van der Waals surface area (Å²) in [4.78, 5) is 25.3. The normalized spacial score (nSPS) is 32.8. The van der Waals surface area contributed by atoms with Crippen molar-refractivity contribution in [2.24, 2.45) is 5.92 Å². The molecule has 1 unspecified atom stereocenters. The number of ketones is 1. The van der Waals surface area contributed by atoms with Crippen molar-refractivity contribution in [3.63, 3.8) is 0 Å². The van der Waals surface area contributed by atoms with Crippen molar-refractivity contribution in [3.05, 3.63) is 0 Å². The van der Waals surface area contributed by atoms with E-state index in [-0.39, 0.29) is 17.8 Å². The van der Waals surface area contributed by atoms with Crippen LogP contribution in [0.25, 0.3) is 0 Å². The molecule has 0 N–H and O–H groups in total. The topological polar surface area (TPSA) is 46.6 Å². The number of carbonyl (C=O) groups is 2. The maximum absolute atomic E-state index is 11.6. The summed E-state index contributed by atoms with van der Waals surface area (Å²) in [5.74, 6) is -0.817. The van der Waals surface area contributed by atoms with Gasteiger partial charge in [-0.1, -0.05) is 0 Å². The molecule has 2 heterocycles. The highest BCUT2D eigenvalue weighted by molar-refractivity contribution is 6.00. The Kier molecular flexibility index (Phi) is 2.54. The fourth-order valence-corrected chi connectivity index (χ4v) is 2.55. The van der Waals surface area contributed by atoms with Gasteiger partial charge in [0, 0.05) is 19.0 Å². The first kappa shape index (κ1) is 9.65. The fraction of sp³-hybridized carbons (Fsp3) is 0.800. The van der Waals surface area contributed by atoms with Gasteiger partial charge in [-0.25, -0.2) is 0 Å². The van der Waals surface area contributed by atoms with Crippen LogP contribution in [0.5, 0.6) is 0 Å². The van der Waals surface area contributed by atoms with E-state index in [1.807, 2.05) is 0 Å². The maximum atomic E-state index is 11.6. The lowest BCUT2D eigenvalue weighted by Gasteiger charge is -2.33. The monoisotopic (exact) mass is 197 g/mol. The number of fused-ring (bicyclic) bond motifs is 1. The summed E-state index contributed by atoms with van der Waals surface area (Å²) >= 11 is 0. The molecule has 2 aliphatic heterocycles. The first-order chi connectivity index (χ1) is 6.74. The van der Waals surface area contributed by atoms with Gasteiger partial charge in [0.2, 0.25) is 0 Å². The zero-order valence-corrected chi connectivity index (χ0v) is 8.36. The van der Waals surface area contributed by atoms with Crippen LogP contribution in [-0.4, -0.2) is 42.9 Å². The molecule has 0 spiro atoms. The Labute approximate surface area is 83.2 Å². The lowest BCUT2D eigenvalue weighted by molar-refractivity contribution is -0.154. The predicted molar refractivity (Wildman–Crippen MR) is 49.7 cm³/mol. The van der Waals surface area contributed by atoms with Crippen LogP contribution >= 0.6 is 0 Å². The summed E-state index contributed by atoms with van der Waals surface area (Å²) in [5, 5.41) is 0. The zero-order chi connectivity index (χ0) is 10.1. The molecule has 0 aromatic carbocycles. The van der Waals surface area contributed by atoms with Crippen molar-refractivity contribution < 1.29 is 14.3 Å². The number of ether oxygens (including phenoxy) is 1. The van der Waals surface area contributed by atoms with Crippen molar-refractivity contribution in [2.75, 3.05) is 20.2 Å². The Hall–Kier alpha value is -0.900. The molecule has 2 fully saturated rings. The Bertz CT molecular complexity index is 256. The molecule has 4 nitrogen and oxygen atoms in total. The molecule has 0 radical (unpaired) electrons. The Morgan fingerprint density at radius 2 is 2.29 bits per heavy atom. The molecular weight excluding hydrogens is 182 g/mol. The van der Waals surface area contributed by atoms with E-state index in [9.17, 15) is 9.59 Å². The summed E-state index contributed by atoms with van der Waals surface area (Å²) in [7, 11) is 1.35. The second kappa shape index (κ2) is 3.69. The SMILES string of the molecule is COC(=O)C1C(=O)CCN2CCC[C@@H]12. The minimum Gasteiger partial charge on any atom is -0.468 e.